The Bertz CT molecular complexity index is 618. The number of benzene rings is 1. The number of hydrogen-bond donors (Lipinski definition) is 0. The number of aryl methyl sites for hydroxylation is 1. The molecule has 5 heteroatoms. The molecule has 1 aromatic carbocycles. The van der Waals surface area contributed by atoms with Crippen LogP contribution >= 0.6 is 11.6 Å². The number of esters is 1. The molecule has 0 fully saturated rings. The van der Waals surface area contributed by atoms with Crippen molar-refractivity contribution in [3.63, 3.8) is 0 Å². The minimum Gasteiger partial charge on any atom is -0.469 e. The fourth-order valence-corrected chi connectivity index (χ4v) is 2.23. The fourth-order valence-electron chi connectivity index (χ4n) is 2.07. The number of aromatic nitrogens is 1. The van der Waals surface area contributed by atoms with Crippen LogP contribution in [0.2, 0.25) is 5.02 Å². The van der Waals surface area contributed by atoms with Gasteiger partial charge in [-0.1, -0.05) is 17.7 Å². The van der Waals surface area contributed by atoms with Crippen LogP contribution in [0.5, 0.6) is 0 Å². The van der Waals surface area contributed by atoms with Gasteiger partial charge in [0.15, 0.2) is 6.29 Å². The lowest BCUT2D eigenvalue weighted by Crippen LogP contribution is -2.03. The molecule has 1 heterocycles. The highest BCUT2D eigenvalue weighted by atomic mass is 35.5. The van der Waals surface area contributed by atoms with Gasteiger partial charge in [-0.25, -0.2) is 0 Å². The van der Waals surface area contributed by atoms with Gasteiger partial charge >= 0.3 is 5.97 Å². The van der Waals surface area contributed by atoms with E-state index in [1.165, 1.54) is 7.11 Å². The first-order valence-electron chi connectivity index (χ1n) is 5.96. The summed E-state index contributed by atoms with van der Waals surface area (Å²) in [4.78, 5) is 22.1. The Hall–Kier alpha value is -1.81. The summed E-state index contributed by atoms with van der Waals surface area (Å²) in [6.45, 7) is 0.639. The Balaban J connectivity index is 2.24. The molecule has 0 N–H and O–H groups in total. The third kappa shape index (κ3) is 2.96. The topological polar surface area (TPSA) is 48.3 Å². The summed E-state index contributed by atoms with van der Waals surface area (Å²) in [6.07, 6.45) is 3.62. The smallest absolute Gasteiger partial charge is 0.305 e. The number of carbonyl (C=O) groups excluding carboxylic acids is 2. The molecule has 0 radical (unpaired) electrons. The molecule has 0 bridgehead atoms. The fraction of sp³-hybridized carbons (Fsp3) is 0.286. The number of methoxy groups -OCH3 is 1. The largest absolute Gasteiger partial charge is 0.469 e. The number of hydrogen-bond acceptors (Lipinski definition) is 3. The summed E-state index contributed by atoms with van der Waals surface area (Å²) in [5, 5.41) is 1.50. The van der Waals surface area contributed by atoms with Gasteiger partial charge in [0.1, 0.15) is 0 Å². The molecule has 19 heavy (non-hydrogen) atoms. The average Bonchev–Trinajstić information content (AvgIpc) is 2.76. The first-order chi connectivity index (χ1) is 9.15. The molecule has 0 aliphatic heterocycles. The van der Waals surface area contributed by atoms with Crippen molar-refractivity contribution in [2.75, 3.05) is 7.11 Å². The van der Waals surface area contributed by atoms with Gasteiger partial charge in [0.25, 0.3) is 0 Å². The molecular weight excluding hydrogens is 266 g/mol. The molecule has 100 valence electrons. The van der Waals surface area contributed by atoms with Crippen molar-refractivity contribution < 1.29 is 14.3 Å². The number of rotatable bonds is 5. The van der Waals surface area contributed by atoms with Gasteiger partial charge in [-0.3, -0.25) is 9.59 Å². The van der Waals surface area contributed by atoms with E-state index in [-0.39, 0.29) is 5.97 Å². The number of nitrogens with zero attached hydrogens (tertiary/aromatic N) is 1. The van der Waals surface area contributed by atoms with E-state index in [1.807, 2.05) is 16.7 Å². The first kappa shape index (κ1) is 13.6. The minimum absolute atomic E-state index is 0.231. The zero-order valence-corrected chi connectivity index (χ0v) is 11.3. The van der Waals surface area contributed by atoms with Crippen molar-refractivity contribution in [2.24, 2.45) is 0 Å². The molecule has 0 spiro atoms. The average molecular weight is 280 g/mol. The summed E-state index contributed by atoms with van der Waals surface area (Å²) in [7, 11) is 1.37. The lowest BCUT2D eigenvalue weighted by atomic mass is 10.2. The van der Waals surface area contributed by atoms with Crippen LogP contribution in [0.25, 0.3) is 10.9 Å². The summed E-state index contributed by atoms with van der Waals surface area (Å²) in [5.41, 5.74) is 1.53. The molecule has 0 aliphatic carbocycles. The Morgan fingerprint density at radius 2 is 2.26 bits per heavy atom. The van der Waals surface area contributed by atoms with Crippen LogP contribution in [0.4, 0.5) is 0 Å². The SMILES string of the molecule is COC(=O)CCCn1cc(C=O)c2ccc(Cl)cc21. The van der Waals surface area contributed by atoms with Crippen molar-refractivity contribution in [1.82, 2.24) is 4.57 Å². The van der Waals surface area contributed by atoms with E-state index in [0.29, 0.717) is 30.0 Å². The van der Waals surface area contributed by atoms with Crippen LogP contribution in [0.3, 0.4) is 0 Å². The van der Waals surface area contributed by atoms with E-state index in [0.717, 1.165) is 17.2 Å². The molecule has 4 nitrogen and oxygen atoms in total. The molecule has 0 saturated heterocycles. The summed E-state index contributed by atoms with van der Waals surface area (Å²) in [6, 6.07) is 5.41. The van der Waals surface area contributed by atoms with Gasteiger partial charge in [-0.2, -0.15) is 0 Å². The second-order valence-electron chi connectivity index (χ2n) is 4.24. The van der Waals surface area contributed by atoms with Gasteiger partial charge in [0.2, 0.25) is 0 Å². The standard InChI is InChI=1S/C14H14ClNO3/c1-19-14(18)3-2-6-16-8-10(9-17)12-5-4-11(15)7-13(12)16/h4-5,7-9H,2-3,6H2,1H3. The van der Waals surface area contributed by atoms with Crippen molar-refractivity contribution in [3.8, 4) is 0 Å². The van der Waals surface area contributed by atoms with Crippen LogP contribution < -0.4 is 0 Å². The van der Waals surface area contributed by atoms with E-state index in [2.05, 4.69) is 4.74 Å². The Labute approximate surface area is 115 Å². The van der Waals surface area contributed by atoms with Crippen molar-refractivity contribution in [3.05, 3.63) is 35.0 Å². The predicted molar refractivity (Wildman–Crippen MR) is 73.6 cm³/mol. The summed E-state index contributed by atoms with van der Waals surface area (Å²) >= 11 is 5.97. The lowest BCUT2D eigenvalue weighted by Gasteiger charge is -2.04. The summed E-state index contributed by atoms with van der Waals surface area (Å²) in [5.74, 6) is -0.231. The maximum atomic E-state index is 11.1. The maximum Gasteiger partial charge on any atom is 0.305 e. The van der Waals surface area contributed by atoms with E-state index >= 15 is 0 Å². The molecule has 0 amide bonds. The Morgan fingerprint density at radius 3 is 2.95 bits per heavy atom. The Morgan fingerprint density at radius 1 is 1.47 bits per heavy atom. The highest BCUT2D eigenvalue weighted by Gasteiger charge is 2.09. The molecule has 2 aromatic rings. The van der Waals surface area contributed by atoms with E-state index in [9.17, 15) is 9.59 Å². The third-order valence-electron chi connectivity index (χ3n) is 3.01. The quantitative estimate of drug-likeness (QED) is 0.624. The minimum atomic E-state index is -0.231. The second kappa shape index (κ2) is 5.89. The van der Waals surface area contributed by atoms with Crippen molar-refractivity contribution >= 4 is 34.8 Å². The number of aldehydes is 1. The second-order valence-corrected chi connectivity index (χ2v) is 4.67. The zero-order chi connectivity index (χ0) is 13.8. The molecule has 1 aromatic heterocycles. The van der Waals surface area contributed by atoms with Crippen LogP contribution in [0.15, 0.2) is 24.4 Å². The maximum absolute atomic E-state index is 11.1. The predicted octanol–water partition coefficient (Wildman–Crippen LogP) is 3.06. The first-order valence-corrected chi connectivity index (χ1v) is 6.34. The van der Waals surface area contributed by atoms with E-state index in [4.69, 9.17) is 11.6 Å². The van der Waals surface area contributed by atoms with Crippen molar-refractivity contribution in [1.29, 1.82) is 0 Å². The van der Waals surface area contributed by atoms with E-state index in [1.54, 1.807) is 12.3 Å². The monoisotopic (exact) mass is 279 g/mol. The lowest BCUT2D eigenvalue weighted by molar-refractivity contribution is -0.140. The number of ether oxygens (including phenoxy) is 1. The molecule has 0 unspecified atom stereocenters. The van der Waals surface area contributed by atoms with Gasteiger partial charge < -0.3 is 9.30 Å². The van der Waals surface area contributed by atoms with Gasteiger partial charge in [0, 0.05) is 35.1 Å². The molecular formula is C14H14ClNO3. The number of carbonyl (C=O) groups is 2. The van der Waals surface area contributed by atoms with Crippen LogP contribution in [-0.2, 0) is 16.1 Å². The van der Waals surface area contributed by atoms with Crippen LogP contribution in [0.1, 0.15) is 23.2 Å². The molecule has 0 aliphatic rings. The molecule has 2 rings (SSSR count). The highest BCUT2D eigenvalue weighted by Crippen LogP contribution is 2.24. The summed E-state index contributed by atoms with van der Waals surface area (Å²) < 4.78 is 6.53. The van der Waals surface area contributed by atoms with Crippen molar-refractivity contribution in [2.45, 2.75) is 19.4 Å². The Kier molecular flexibility index (Phi) is 4.22. The van der Waals surface area contributed by atoms with Gasteiger partial charge in [-0.05, 0) is 18.6 Å². The van der Waals surface area contributed by atoms with Gasteiger partial charge in [0.05, 0.1) is 12.6 Å². The van der Waals surface area contributed by atoms with Gasteiger partial charge in [-0.15, -0.1) is 0 Å². The van der Waals surface area contributed by atoms with Crippen LogP contribution in [0, 0.1) is 0 Å². The number of halogens is 1. The normalized spacial score (nSPS) is 10.6. The van der Waals surface area contributed by atoms with E-state index < -0.39 is 0 Å². The van der Waals surface area contributed by atoms with Crippen LogP contribution in [-0.4, -0.2) is 23.9 Å². The molecule has 0 saturated carbocycles. The molecule has 0 atom stereocenters. The number of fused-ring (bicyclic) bond motifs is 1. The third-order valence-corrected chi connectivity index (χ3v) is 3.24. The highest BCUT2D eigenvalue weighted by molar-refractivity contribution is 6.31. The zero-order valence-electron chi connectivity index (χ0n) is 10.6.